The Labute approximate surface area is 86.5 Å². The van der Waals surface area contributed by atoms with Gasteiger partial charge in [0.1, 0.15) is 0 Å². The third kappa shape index (κ3) is 3.41. The van der Waals surface area contributed by atoms with E-state index in [0.29, 0.717) is 12.3 Å². The summed E-state index contributed by atoms with van der Waals surface area (Å²) >= 11 is 0. The lowest BCUT2D eigenvalue weighted by molar-refractivity contribution is -0.123. The van der Waals surface area contributed by atoms with Crippen molar-refractivity contribution in [2.24, 2.45) is 5.92 Å². The first-order valence-corrected chi connectivity index (χ1v) is 5.32. The van der Waals surface area contributed by atoms with E-state index in [1.807, 2.05) is 13.8 Å². The lowest BCUT2D eigenvalue weighted by atomic mass is 10.0. The van der Waals surface area contributed by atoms with Gasteiger partial charge in [0.15, 0.2) is 0 Å². The second-order valence-corrected chi connectivity index (χ2v) is 4.67. The largest absolute Gasteiger partial charge is 0.340 e. The van der Waals surface area contributed by atoms with Crippen LogP contribution in [0.25, 0.3) is 0 Å². The molecule has 1 fully saturated rings. The molecule has 14 heavy (non-hydrogen) atoms. The number of amides is 1. The molecular weight excluding hydrogens is 174 g/mol. The average molecular weight is 193 g/mol. The van der Waals surface area contributed by atoms with Crippen LogP contribution in [0.1, 0.15) is 46.0 Å². The van der Waals surface area contributed by atoms with Crippen molar-refractivity contribution in [3.05, 3.63) is 0 Å². The van der Waals surface area contributed by atoms with Crippen LogP contribution in [0.4, 0.5) is 0 Å². The van der Waals surface area contributed by atoms with Crippen molar-refractivity contribution >= 4 is 5.91 Å². The molecule has 0 saturated heterocycles. The van der Waals surface area contributed by atoms with E-state index in [1.54, 1.807) is 0 Å². The Morgan fingerprint density at radius 3 is 2.57 bits per heavy atom. The van der Waals surface area contributed by atoms with Gasteiger partial charge in [-0.1, -0.05) is 18.8 Å². The molecule has 1 amide bonds. The van der Waals surface area contributed by atoms with Crippen LogP contribution in [-0.2, 0) is 4.79 Å². The van der Waals surface area contributed by atoms with Crippen LogP contribution in [0.5, 0.6) is 0 Å². The average Bonchev–Trinajstić information content (AvgIpc) is 2.55. The molecule has 2 heteroatoms. The minimum Gasteiger partial charge on any atom is -0.340 e. The normalized spacial score (nSPS) is 17.8. The Morgan fingerprint density at radius 1 is 1.50 bits per heavy atom. The first kappa shape index (κ1) is 11.1. The van der Waals surface area contributed by atoms with Crippen molar-refractivity contribution in [3.8, 4) is 12.3 Å². The summed E-state index contributed by atoms with van der Waals surface area (Å²) in [6.45, 7) is 3.69. The second kappa shape index (κ2) is 4.50. The monoisotopic (exact) mass is 193 g/mol. The third-order valence-electron chi connectivity index (χ3n) is 2.76. The summed E-state index contributed by atoms with van der Waals surface area (Å²) in [6.07, 6.45) is 10.9. The molecular formula is C12H19NO. The molecule has 2 nitrogen and oxygen atoms in total. The van der Waals surface area contributed by atoms with Gasteiger partial charge < -0.3 is 5.32 Å². The highest BCUT2D eigenvalue weighted by atomic mass is 16.1. The number of carbonyl (C=O) groups is 1. The first-order valence-electron chi connectivity index (χ1n) is 5.32. The van der Waals surface area contributed by atoms with E-state index in [9.17, 15) is 4.79 Å². The molecule has 1 N–H and O–H groups in total. The molecule has 1 rings (SSSR count). The summed E-state index contributed by atoms with van der Waals surface area (Å²) in [6, 6.07) is 0. The Morgan fingerprint density at radius 2 is 2.07 bits per heavy atom. The van der Waals surface area contributed by atoms with Gasteiger partial charge in [-0.05, 0) is 32.6 Å². The third-order valence-corrected chi connectivity index (χ3v) is 2.76. The SMILES string of the molecule is C#CC(C)(C)NC(=O)CC1CCCC1. The standard InChI is InChI=1S/C12H19NO/c1-4-12(2,3)13-11(14)9-10-7-5-6-8-10/h1,10H,5-9H2,2-3H3,(H,13,14). The van der Waals surface area contributed by atoms with Crippen LogP contribution < -0.4 is 5.32 Å². The van der Waals surface area contributed by atoms with Gasteiger partial charge in [-0.2, -0.15) is 0 Å². The summed E-state index contributed by atoms with van der Waals surface area (Å²) in [7, 11) is 0. The molecule has 0 spiro atoms. The van der Waals surface area contributed by atoms with E-state index in [2.05, 4.69) is 11.2 Å². The Kier molecular flexibility index (Phi) is 3.57. The van der Waals surface area contributed by atoms with Crippen molar-refractivity contribution in [2.45, 2.75) is 51.5 Å². The van der Waals surface area contributed by atoms with Crippen molar-refractivity contribution < 1.29 is 4.79 Å². The van der Waals surface area contributed by atoms with E-state index < -0.39 is 5.54 Å². The van der Waals surface area contributed by atoms with Crippen LogP contribution in [0, 0.1) is 18.3 Å². The molecule has 78 valence electrons. The lowest BCUT2D eigenvalue weighted by Gasteiger charge is -2.20. The lowest BCUT2D eigenvalue weighted by Crippen LogP contribution is -2.42. The number of carbonyl (C=O) groups excluding carboxylic acids is 1. The predicted molar refractivity (Wildman–Crippen MR) is 57.6 cm³/mol. The molecule has 0 aliphatic heterocycles. The Balaban J connectivity index is 2.32. The zero-order chi connectivity index (χ0) is 10.6. The molecule has 0 bridgehead atoms. The van der Waals surface area contributed by atoms with E-state index in [1.165, 1.54) is 25.7 Å². The molecule has 0 atom stereocenters. The van der Waals surface area contributed by atoms with E-state index in [4.69, 9.17) is 6.42 Å². The van der Waals surface area contributed by atoms with E-state index in [-0.39, 0.29) is 5.91 Å². The van der Waals surface area contributed by atoms with Crippen molar-refractivity contribution in [2.75, 3.05) is 0 Å². The maximum atomic E-state index is 11.6. The topological polar surface area (TPSA) is 29.1 Å². The van der Waals surface area contributed by atoms with Crippen LogP contribution >= 0.6 is 0 Å². The molecule has 1 aliphatic carbocycles. The first-order chi connectivity index (χ1) is 6.53. The fraction of sp³-hybridized carbons (Fsp3) is 0.750. The summed E-state index contributed by atoms with van der Waals surface area (Å²) in [5, 5.41) is 2.86. The molecule has 1 aliphatic rings. The van der Waals surface area contributed by atoms with Gasteiger partial charge in [-0.15, -0.1) is 6.42 Å². The molecule has 0 aromatic rings. The Bertz CT molecular complexity index is 244. The highest BCUT2D eigenvalue weighted by molar-refractivity contribution is 5.77. The maximum absolute atomic E-state index is 11.6. The second-order valence-electron chi connectivity index (χ2n) is 4.67. The van der Waals surface area contributed by atoms with Gasteiger partial charge in [0, 0.05) is 6.42 Å². The fourth-order valence-electron chi connectivity index (χ4n) is 1.91. The van der Waals surface area contributed by atoms with Crippen LogP contribution in [0.3, 0.4) is 0 Å². The Hall–Kier alpha value is -0.970. The molecule has 0 aromatic heterocycles. The quantitative estimate of drug-likeness (QED) is 0.683. The number of rotatable bonds is 3. The van der Waals surface area contributed by atoms with Crippen molar-refractivity contribution in [1.29, 1.82) is 0 Å². The van der Waals surface area contributed by atoms with Gasteiger partial charge in [0.25, 0.3) is 0 Å². The molecule has 0 radical (unpaired) electrons. The minimum atomic E-state index is -0.504. The van der Waals surface area contributed by atoms with E-state index in [0.717, 1.165) is 0 Å². The van der Waals surface area contributed by atoms with Crippen molar-refractivity contribution in [1.82, 2.24) is 5.32 Å². The maximum Gasteiger partial charge on any atom is 0.221 e. The zero-order valence-corrected chi connectivity index (χ0v) is 9.10. The van der Waals surface area contributed by atoms with Gasteiger partial charge in [-0.25, -0.2) is 0 Å². The smallest absolute Gasteiger partial charge is 0.221 e. The summed E-state index contributed by atoms with van der Waals surface area (Å²) in [4.78, 5) is 11.6. The molecule has 0 unspecified atom stereocenters. The molecule has 0 heterocycles. The van der Waals surface area contributed by atoms with Gasteiger partial charge in [0.2, 0.25) is 5.91 Å². The van der Waals surface area contributed by atoms with Gasteiger partial charge in [-0.3, -0.25) is 4.79 Å². The number of hydrogen-bond acceptors (Lipinski definition) is 1. The number of hydrogen-bond donors (Lipinski definition) is 1. The van der Waals surface area contributed by atoms with Crippen LogP contribution in [0.15, 0.2) is 0 Å². The highest BCUT2D eigenvalue weighted by Crippen LogP contribution is 2.27. The number of terminal acetylenes is 1. The van der Waals surface area contributed by atoms with Gasteiger partial charge in [0.05, 0.1) is 5.54 Å². The summed E-state index contributed by atoms with van der Waals surface area (Å²) in [5.74, 6) is 3.25. The highest BCUT2D eigenvalue weighted by Gasteiger charge is 2.22. The molecule has 1 saturated carbocycles. The minimum absolute atomic E-state index is 0.0971. The van der Waals surface area contributed by atoms with E-state index >= 15 is 0 Å². The summed E-state index contributed by atoms with van der Waals surface area (Å²) < 4.78 is 0. The van der Waals surface area contributed by atoms with Crippen LogP contribution in [-0.4, -0.2) is 11.4 Å². The zero-order valence-electron chi connectivity index (χ0n) is 9.10. The number of nitrogens with one attached hydrogen (secondary N) is 1. The van der Waals surface area contributed by atoms with Crippen LogP contribution in [0.2, 0.25) is 0 Å². The summed E-state index contributed by atoms with van der Waals surface area (Å²) in [5.41, 5.74) is -0.504. The molecule has 0 aromatic carbocycles. The van der Waals surface area contributed by atoms with Gasteiger partial charge >= 0.3 is 0 Å². The van der Waals surface area contributed by atoms with Crippen molar-refractivity contribution in [3.63, 3.8) is 0 Å². The fourth-order valence-corrected chi connectivity index (χ4v) is 1.91. The predicted octanol–water partition coefficient (Wildman–Crippen LogP) is 2.09.